The summed E-state index contributed by atoms with van der Waals surface area (Å²) in [5, 5.41) is 201. The normalized spacial score (nSPS) is 46.7. The van der Waals surface area contributed by atoms with Crippen LogP contribution in [-0.2, 0) is 71.3 Å². The number of rotatable bonds is 21. The fourth-order valence-electron chi connectivity index (χ4n) is 10.2. The molecule has 0 bridgehead atoms. The van der Waals surface area contributed by atoms with E-state index in [9.17, 15) is 111 Å². The quantitative estimate of drug-likeness (QED) is 0.0507. The van der Waals surface area contributed by atoms with Crippen molar-refractivity contribution < 1.29 is 163 Å². The molecule has 0 aliphatic carbocycles. The number of amides is 3. The average molecular weight is 1190 g/mol. The molecule has 36 nitrogen and oxygen atoms in total. The summed E-state index contributed by atoms with van der Waals surface area (Å²) in [5.41, 5.74) is 0. The average Bonchev–Trinajstić information content (AvgIpc) is 3.61. The molecule has 6 rings (SSSR count). The zero-order chi connectivity index (χ0) is 60.3. The first-order valence-electron chi connectivity index (χ1n) is 25.6. The third kappa shape index (κ3) is 14.7. The Morgan fingerprint density at radius 1 is 0.519 bits per heavy atom. The van der Waals surface area contributed by atoms with Crippen molar-refractivity contribution in [2.75, 3.05) is 33.0 Å². The molecule has 3 amide bonds. The highest BCUT2D eigenvalue weighted by atomic mass is 16.8. The lowest BCUT2D eigenvalue weighted by Gasteiger charge is -2.51. The van der Waals surface area contributed by atoms with E-state index in [1.807, 2.05) is 0 Å². The van der Waals surface area contributed by atoms with Crippen LogP contribution in [0.3, 0.4) is 0 Å². The van der Waals surface area contributed by atoms with Crippen LogP contribution < -0.4 is 16.0 Å². The number of carboxylic acids is 1. The molecule has 6 saturated heterocycles. The second kappa shape index (κ2) is 28.3. The molecule has 6 aliphatic rings. The summed E-state index contributed by atoms with van der Waals surface area (Å²) in [7, 11) is 0. The zero-order valence-electron chi connectivity index (χ0n) is 43.7. The first-order valence-corrected chi connectivity index (χ1v) is 25.6. The number of nitrogens with one attached hydrogen (secondary N) is 3. The molecule has 6 aliphatic heterocycles. The van der Waals surface area contributed by atoms with Crippen LogP contribution in [-0.4, -0.2) is 338 Å². The number of hydrogen-bond acceptors (Lipinski definition) is 32. The van der Waals surface area contributed by atoms with Crippen LogP contribution in [0.1, 0.15) is 34.1 Å². The highest BCUT2D eigenvalue weighted by Gasteiger charge is 2.60. The lowest BCUT2D eigenvalue weighted by Crippen LogP contribution is -2.71. The Morgan fingerprint density at radius 3 is 1.57 bits per heavy atom. The van der Waals surface area contributed by atoms with Gasteiger partial charge in [0, 0.05) is 27.2 Å². The van der Waals surface area contributed by atoms with E-state index in [2.05, 4.69) is 16.0 Å². The smallest absolute Gasteiger partial charge is 0.364 e. The van der Waals surface area contributed by atoms with E-state index < -0.39 is 253 Å². The summed E-state index contributed by atoms with van der Waals surface area (Å²) in [6.07, 6.45) is -54.6. The maximum absolute atomic E-state index is 12.9. The summed E-state index contributed by atoms with van der Waals surface area (Å²) in [4.78, 5) is 50.4. The van der Waals surface area contributed by atoms with E-state index in [0.717, 1.165) is 20.8 Å². The minimum absolute atomic E-state index is 0.797. The van der Waals surface area contributed by atoms with Crippen molar-refractivity contribution in [3.63, 3.8) is 0 Å². The molecular formula is C45H75N3O33. The first kappa shape index (κ1) is 66.9. The Bertz CT molecular complexity index is 2070. The number of carbonyl (C=O) groups excluding carboxylic acids is 3. The van der Waals surface area contributed by atoms with E-state index >= 15 is 0 Å². The van der Waals surface area contributed by atoms with Crippen LogP contribution >= 0.6 is 0 Å². The van der Waals surface area contributed by atoms with Gasteiger partial charge in [0.1, 0.15) is 134 Å². The van der Waals surface area contributed by atoms with Gasteiger partial charge in [0.2, 0.25) is 17.7 Å². The van der Waals surface area contributed by atoms with Gasteiger partial charge in [-0.15, -0.1) is 0 Å². The molecule has 0 aromatic carbocycles. The molecule has 0 aromatic heterocycles. The molecule has 0 unspecified atom stereocenters. The van der Waals surface area contributed by atoms with Gasteiger partial charge in [-0.1, -0.05) is 0 Å². The van der Waals surface area contributed by atoms with Crippen LogP contribution in [0.15, 0.2) is 0 Å². The molecule has 0 spiro atoms. The molecule has 0 saturated carbocycles. The number of aliphatic carboxylic acids is 1. The van der Waals surface area contributed by atoms with E-state index in [0.29, 0.717) is 0 Å². The summed E-state index contributed by atoms with van der Waals surface area (Å²) in [5.74, 6) is -7.59. The van der Waals surface area contributed by atoms with Gasteiger partial charge in [-0.05, 0) is 6.92 Å². The van der Waals surface area contributed by atoms with E-state index in [-0.39, 0.29) is 0 Å². The van der Waals surface area contributed by atoms with Crippen molar-refractivity contribution in [3.05, 3.63) is 0 Å². The van der Waals surface area contributed by atoms with E-state index in [4.69, 9.17) is 52.1 Å². The maximum Gasteiger partial charge on any atom is 0.364 e. The first-order chi connectivity index (χ1) is 38.0. The number of carboxylic acid groups (broad SMARTS) is 1. The predicted octanol–water partition coefficient (Wildman–Crippen LogP) is -13.4. The largest absolute Gasteiger partial charge is 0.477 e. The van der Waals surface area contributed by atoms with Crippen LogP contribution in [0, 0.1) is 0 Å². The number of aliphatic hydroxyl groups is 17. The molecule has 6 fully saturated rings. The van der Waals surface area contributed by atoms with Gasteiger partial charge in [0.05, 0.1) is 51.3 Å². The van der Waals surface area contributed by atoms with Crippen LogP contribution in [0.5, 0.6) is 0 Å². The van der Waals surface area contributed by atoms with Gasteiger partial charge in [0.25, 0.3) is 5.79 Å². The Labute approximate surface area is 459 Å². The Kier molecular flexibility index (Phi) is 23.4. The lowest BCUT2D eigenvalue weighted by atomic mass is 9.88. The zero-order valence-corrected chi connectivity index (χ0v) is 43.7. The summed E-state index contributed by atoms with van der Waals surface area (Å²) < 4.78 is 64.0. The summed E-state index contributed by atoms with van der Waals surface area (Å²) >= 11 is 0. The minimum atomic E-state index is -3.01. The lowest BCUT2D eigenvalue weighted by molar-refractivity contribution is -0.404. The van der Waals surface area contributed by atoms with Crippen LogP contribution in [0.4, 0.5) is 0 Å². The van der Waals surface area contributed by atoms with Gasteiger partial charge in [-0.3, -0.25) is 14.4 Å². The molecule has 21 N–H and O–H groups in total. The third-order valence-electron chi connectivity index (χ3n) is 14.6. The van der Waals surface area contributed by atoms with Crippen molar-refractivity contribution in [2.45, 2.75) is 224 Å². The molecule has 0 aromatic rings. The second-order valence-corrected chi connectivity index (χ2v) is 20.4. The van der Waals surface area contributed by atoms with Crippen molar-refractivity contribution in [3.8, 4) is 0 Å². The fraction of sp³-hybridized carbons (Fsp3) is 0.911. The molecule has 6 heterocycles. The molecule has 468 valence electrons. The molecule has 81 heavy (non-hydrogen) atoms. The monoisotopic (exact) mass is 1190 g/mol. The van der Waals surface area contributed by atoms with Crippen LogP contribution in [0.25, 0.3) is 0 Å². The highest BCUT2D eigenvalue weighted by Crippen LogP contribution is 2.39. The Morgan fingerprint density at radius 2 is 1.00 bits per heavy atom. The molecule has 0 radical (unpaired) electrons. The third-order valence-corrected chi connectivity index (χ3v) is 14.6. The van der Waals surface area contributed by atoms with Crippen molar-refractivity contribution >= 4 is 23.7 Å². The number of ether oxygens (including phenoxy) is 11. The topological polar surface area (TPSA) is 570 Å². The van der Waals surface area contributed by atoms with Crippen molar-refractivity contribution in [1.29, 1.82) is 0 Å². The SMILES string of the molecule is CC(=O)N[C@@H]1[C@@H](O[C@@H]2O[C@H](CO)[C@@H](O[C@H]3O[C@H](CO)[C@H](O)[C@H](O[C@H]4O[C@H](CO)[C@H](O)[C@H](O)[C@H]4O)[C@H]3O[C@@H]3O[C@@H](C)[C@@H](O)[C@@H](O)[C@@H]3O)[C@H](O)[C@H]2NC(C)=O)[C@@H](O)[C@@H](CO[C@]2(C(=O)O)C[C@H](O)[C@@H](NC(C)=O)[C@H]([C@H](O)[C@H](O)CO)O2)O[C@@H]1O. The predicted molar refractivity (Wildman–Crippen MR) is 250 cm³/mol. The summed E-state index contributed by atoms with van der Waals surface area (Å²) in [6, 6.07) is -5.34. The van der Waals surface area contributed by atoms with Gasteiger partial charge < -0.3 is 160 Å². The number of aliphatic hydroxyl groups excluding tert-OH is 17. The second-order valence-electron chi connectivity index (χ2n) is 20.4. The van der Waals surface area contributed by atoms with E-state index in [1.165, 1.54) is 6.92 Å². The minimum Gasteiger partial charge on any atom is -0.477 e. The van der Waals surface area contributed by atoms with Gasteiger partial charge in [0.15, 0.2) is 31.5 Å². The van der Waals surface area contributed by atoms with Gasteiger partial charge >= 0.3 is 5.97 Å². The van der Waals surface area contributed by atoms with Crippen molar-refractivity contribution in [1.82, 2.24) is 16.0 Å². The van der Waals surface area contributed by atoms with Gasteiger partial charge in [-0.2, -0.15) is 0 Å². The molecule has 36 heteroatoms. The fourth-order valence-corrected chi connectivity index (χ4v) is 10.2. The Hall–Kier alpha value is -3.24. The standard InChI is InChI=1S/C45H75N3O33/c1-11-24(58)30(64)32(66)41(72-11)80-38-37(79-42-33(67)31(65)26(60)17(7-50)74-42)27(61)18(8-51)75-43(38)77-34-19(9-52)76-40(22(29(34)63)47-13(3)54)78-35-23(48-14(4)55)39(68)73-20(28(35)62)10-71-45(44(69)70)5-15(56)21(46-12(2)53)36(81-45)25(59)16(57)6-49/h11,15-43,49-52,56-68H,5-10H2,1-4H3,(H,46,53)(H,47,54)(H,48,55)(H,69,70)/t11-,15-,16+,17+,18+,19+,20+,21+,22+,23+,24+,25+,26-,27-,28-,29+,30+,31-,32-,33+,34+,35+,36+,37-,38+,39-,40-,41-,42+,43+,45+/m0/s1. The number of carbonyl (C=O) groups is 4. The summed E-state index contributed by atoms with van der Waals surface area (Å²) in [6.45, 7) is -1.20. The van der Waals surface area contributed by atoms with Crippen LogP contribution in [0.2, 0.25) is 0 Å². The van der Waals surface area contributed by atoms with Gasteiger partial charge in [-0.25, -0.2) is 4.79 Å². The van der Waals surface area contributed by atoms with Crippen molar-refractivity contribution in [2.24, 2.45) is 0 Å². The molecular weight excluding hydrogens is 1110 g/mol. The number of hydrogen-bond donors (Lipinski definition) is 21. The Balaban J connectivity index is 1.31. The highest BCUT2D eigenvalue weighted by molar-refractivity contribution is 5.77. The molecule has 31 atom stereocenters. The maximum atomic E-state index is 12.9. The van der Waals surface area contributed by atoms with E-state index in [1.54, 1.807) is 0 Å².